The van der Waals surface area contributed by atoms with Gasteiger partial charge in [0.15, 0.2) is 0 Å². The second kappa shape index (κ2) is 5.39. The second-order valence-corrected chi connectivity index (χ2v) is 6.69. The van der Waals surface area contributed by atoms with Gasteiger partial charge in [0.05, 0.1) is 5.41 Å². The summed E-state index contributed by atoms with van der Waals surface area (Å²) in [4.78, 5) is 22.6. The van der Waals surface area contributed by atoms with E-state index < -0.39 is 11.4 Å². The third-order valence-electron chi connectivity index (χ3n) is 4.68. The van der Waals surface area contributed by atoms with Crippen LogP contribution < -0.4 is 10.6 Å². The summed E-state index contributed by atoms with van der Waals surface area (Å²) in [5.41, 5.74) is -0.927. The molecule has 5 nitrogen and oxygen atoms in total. The molecule has 0 aromatic rings. The van der Waals surface area contributed by atoms with Crippen molar-refractivity contribution in [3.05, 3.63) is 0 Å². The van der Waals surface area contributed by atoms with Crippen LogP contribution in [-0.2, 0) is 4.79 Å². The number of carbonyl (C=O) groups is 2. The molecular weight excluding hydrogens is 244 g/mol. The Bertz CT molecular complexity index is 368. The Labute approximate surface area is 114 Å². The van der Waals surface area contributed by atoms with Crippen LogP contribution in [0.3, 0.4) is 0 Å². The van der Waals surface area contributed by atoms with Gasteiger partial charge in [-0.05, 0) is 50.9 Å². The zero-order valence-corrected chi connectivity index (χ0v) is 11.7. The molecular formula is C14H24N2O3. The smallest absolute Gasteiger partial charge is 0.314 e. The fourth-order valence-electron chi connectivity index (χ4n) is 3.29. The van der Waals surface area contributed by atoms with Gasteiger partial charge in [-0.3, -0.25) is 4.79 Å². The number of carbonyl (C=O) groups excluding carboxylic acids is 1. The molecule has 0 aromatic carbocycles. The predicted octanol–water partition coefficient (Wildman–Crippen LogP) is 1.83. The Morgan fingerprint density at radius 2 is 1.95 bits per heavy atom. The SMILES string of the molecule is CC(C)(CNC(=O)NCC1CC2CCC1C2)C(=O)O. The maximum atomic E-state index is 11.7. The van der Waals surface area contributed by atoms with Gasteiger partial charge in [0, 0.05) is 13.1 Å². The Morgan fingerprint density at radius 3 is 2.47 bits per heavy atom. The molecule has 2 saturated carbocycles. The standard InChI is InChI=1S/C14H24N2O3/c1-14(2,12(17)18)8-16-13(19)15-7-11-6-9-3-4-10(11)5-9/h9-11H,3-8H2,1-2H3,(H,17,18)(H2,15,16,19). The van der Waals surface area contributed by atoms with Crippen LogP contribution in [0.1, 0.15) is 39.5 Å². The molecule has 3 atom stereocenters. The van der Waals surface area contributed by atoms with E-state index >= 15 is 0 Å². The highest BCUT2D eigenvalue weighted by Gasteiger charge is 2.39. The monoisotopic (exact) mass is 268 g/mol. The van der Waals surface area contributed by atoms with E-state index in [0.29, 0.717) is 5.92 Å². The number of hydrogen-bond donors (Lipinski definition) is 3. The largest absolute Gasteiger partial charge is 0.481 e. The van der Waals surface area contributed by atoms with Gasteiger partial charge in [-0.2, -0.15) is 0 Å². The molecule has 3 N–H and O–H groups in total. The summed E-state index contributed by atoms with van der Waals surface area (Å²) in [5, 5.41) is 14.5. The normalized spacial score (nSPS) is 29.3. The van der Waals surface area contributed by atoms with Crippen molar-refractivity contribution >= 4 is 12.0 Å². The average Bonchev–Trinajstić information content (AvgIpc) is 2.95. The van der Waals surface area contributed by atoms with Crippen LogP contribution in [0.5, 0.6) is 0 Å². The maximum absolute atomic E-state index is 11.7. The van der Waals surface area contributed by atoms with Gasteiger partial charge < -0.3 is 15.7 Å². The molecule has 2 aliphatic rings. The summed E-state index contributed by atoms with van der Waals surface area (Å²) >= 11 is 0. The van der Waals surface area contributed by atoms with Crippen molar-refractivity contribution in [3.63, 3.8) is 0 Å². The Kier molecular flexibility index (Phi) is 4.02. The Hall–Kier alpha value is -1.26. The van der Waals surface area contributed by atoms with E-state index in [-0.39, 0.29) is 12.6 Å². The van der Waals surface area contributed by atoms with E-state index in [2.05, 4.69) is 10.6 Å². The minimum atomic E-state index is -0.927. The number of urea groups is 1. The molecule has 2 aliphatic carbocycles. The lowest BCUT2D eigenvalue weighted by Crippen LogP contribution is -2.45. The summed E-state index contributed by atoms with van der Waals surface area (Å²) < 4.78 is 0. The first-order valence-electron chi connectivity index (χ1n) is 7.13. The molecule has 2 amide bonds. The van der Waals surface area contributed by atoms with Crippen LogP contribution in [-0.4, -0.2) is 30.2 Å². The number of nitrogens with one attached hydrogen (secondary N) is 2. The minimum absolute atomic E-state index is 0.144. The summed E-state index contributed by atoms with van der Waals surface area (Å²) in [6.45, 7) is 4.07. The van der Waals surface area contributed by atoms with E-state index in [4.69, 9.17) is 5.11 Å². The molecule has 0 heterocycles. The number of fused-ring (bicyclic) bond motifs is 2. The molecule has 108 valence electrons. The van der Waals surface area contributed by atoms with Crippen molar-refractivity contribution in [2.75, 3.05) is 13.1 Å². The number of amides is 2. The Balaban J connectivity index is 1.66. The number of rotatable bonds is 5. The van der Waals surface area contributed by atoms with Crippen LogP contribution in [0.4, 0.5) is 4.79 Å². The van der Waals surface area contributed by atoms with Gasteiger partial charge in [0.25, 0.3) is 0 Å². The summed E-state index contributed by atoms with van der Waals surface area (Å²) in [5.74, 6) is 1.39. The minimum Gasteiger partial charge on any atom is -0.481 e. The third kappa shape index (κ3) is 3.39. The molecule has 2 rings (SSSR count). The molecule has 0 spiro atoms. The quantitative estimate of drug-likeness (QED) is 0.712. The van der Waals surface area contributed by atoms with Crippen molar-refractivity contribution in [1.82, 2.24) is 10.6 Å². The molecule has 19 heavy (non-hydrogen) atoms. The number of hydrogen-bond acceptors (Lipinski definition) is 2. The van der Waals surface area contributed by atoms with Crippen molar-refractivity contribution in [3.8, 4) is 0 Å². The highest BCUT2D eigenvalue weighted by molar-refractivity contribution is 5.77. The zero-order valence-electron chi connectivity index (χ0n) is 11.7. The molecule has 0 radical (unpaired) electrons. The molecule has 0 saturated heterocycles. The van der Waals surface area contributed by atoms with Crippen LogP contribution in [0.25, 0.3) is 0 Å². The first-order valence-corrected chi connectivity index (χ1v) is 7.13. The van der Waals surface area contributed by atoms with Crippen LogP contribution >= 0.6 is 0 Å². The van der Waals surface area contributed by atoms with Gasteiger partial charge in [0.1, 0.15) is 0 Å². The highest BCUT2D eigenvalue weighted by atomic mass is 16.4. The number of carboxylic acid groups (broad SMARTS) is 1. The third-order valence-corrected chi connectivity index (χ3v) is 4.68. The van der Waals surface area contributed by atoms with Crippen LogP contribution in [0.2, 0.25) is 0 Å². The Morgan fingerprint density at radius 1 is 1.21 bits per heavy atom. The van der Waals surface area contributed by atoms with Gasteiger partial charge in [-0.25, -0.2) is 4.79 Å². The van der Waals surface area contributed by atoms with Crippen LogP contribution in [0.15, 0.2) is 0 Å². The van der Waals surface area contributed by atoms with Crippen molar-refractivity contribution in [2.45, 2.75) is 39.5 Å². The first kappa shape index (κ1) is 14.2. The zero-order chi connectivity index (χ0) is 14.0. The van der Waals surface area contributed by atoms with Gasteiger partial charge in [-0.15, -0.1) is 0 Å². The van der Waals surface area contributed by atoms with Crippen molar-refractivity contribution in [2.24, 2.45) is 23.2 Å². The fraction of sp³-hybridized carbons (Fsp3) is 0.857. The molecule has 2 bridgehead atoms. The molecule has 0 aliphatic heterocycles. The molecule has 0 aromatic heterocycles. The summed E-state index contributed by atoms with van der Waals surface area (Å²) in [7, 11) is 0. The number of carboxylic acids is 1. The first-order chi connectivity index (χ1) is 8.88. The maximum Gasteiger partial charge on any atom is 0.314 e. The fourth-order valence-corrected chi connectivity index (χ4v) is 3.29. The van der Waals surface area contributed by atoms with Crippen LogP contribution in [0, 0.1) is 23.2 Å². The van der Waals surface area contributed by atoms with Crippen molar-refractivity contribution < 1.29 is 14.7 Å². The van der Waals surface area contributed by atoms with E-state index in [9.17, 15) is 9.59 Å². The molecule has 2 fully saturated rings. The predicted molar refractivity (Wildman–Crippen MR) is 71.8 cm³/mol. The van der Waals surface area contributed by atoms with E-state index in [1.54, 1.807) is 13.8 Å². The second-order valence-electron chi connectivity index (χ2n) is 6.69. The lowest BCUT2D eigenvalue weighted by atomic mass is 9.89. The summed E-state index contributed by atoms with van der Waals surface area (Å²) in [6.07, 6.45) is 5.25. The van der Waals surface area contributed by atoms with Crippen molar-refractivity contribution in [1.29, 1.82) is 0 Å². The lowest BCUT2D eigenvalue weighted by Gasteiger charge is -2.23. The summed E-state index contributed by atoms with van der Waals surface area (Å²) in [6, 6.07) is -0.253. The molecule has 3 unspecified atom stereocenters. The van der Waals surface area contributed by atoms with Gasteiger partial charge in [0.2, 0.25) is 0 Å². The highest BCUT2D eigenvalue weighted by Crippen LogP contribution is 2.47. The lowest BCUT2D eigenvalue weighted by molar-refractivity contribution is -0.146. The van der Waals surface area contributed by atoms with E-state index in [1.165, 1.54) is 25.7 Å². The number of aliphatic carboxylic acids is 1. The average molecular weight is 268 g/mol. The molecule has 5 heteroatoms. The van der Waals surface area contributed by atoms with Gasteiger partial charge in [-0.1, -0.05) is 6.42 Å². The van der Waals surface area contributed by atoms with E-state index in [0.717, 1.165) is 18.4 Å². The topological polar surface area (TPSA) is 78.4 Å². The van der Waals surface area contributed by atoms with E-state index in [1.807, 2.05) is 0 Å². The van der Waals surface area contributed by atoms with Gasteiger partial charge >= 0.3 is 12.0 Å².